The summed E-state index contributed by atoms with van der Waals surface area (Å²) < 4.78 is 12.7. The Balaban J connectivity index is 1.27. The summed E-state index contributed by atoms with van der Waals surface area (Å²) in [7, 11) is 1.37. The number of nitrogens with zero attached hydrogens (tertiary/aromatic N) is 6. The maximum absolute atomic E-state index is 11.6. The van der Waals surface area contributed by atoms with Gasteiger partial charge < -0.3 is 9.47 Å². The minimum atomic E-state index is -0.352. The number of carbonyl (C=O) groups excluding carboxylic acids is 1. The molecule has 1 aliphatic rings. The summed E-state index contributed by atoms with van der Waals surface area (Å²) in [6.45, 7) is 0.397. The van der Waals surface area contributed by atoms with Crippen LogP contribution in [0.15, 0.2) is 60.9 Å². The molecule has 0 radical (unpaired) electrons. The highest BCUT2D eigenvalue weighted by Crippen LogP contribution is 2.39. The number of tetrazole rings is 1. The first-order valence-electron chi connectivity index (χ1n) is 12.7. The Hall–Kier alpha value is -4.60. The van der Waals surface area contributed by atoms with Gasteiger partial charge in [-0.05, 0) is 53.4 Å². The number of benzene rings is 2. The SMILES string of the molecule is COC(=O)c1ccc(COc2ccc(-c3cnc4c(-c5nn[nH]n5)cnn4c3C3CCCCC3)cc2)cc1. The highest BCUT2D eigenvalue weighted by molar-refractivity contribution is 5.89. The van der Waals surface area contributed by atoms with Crippen LogP contribution in [0.25, 0.3) is 28.2 Å². The Kier molecular flexibility index (Phi) is 6.51. The maximum Gasteiger partial charge on any atom is 0.337 e. The fraction of sp³-hybridized carbons (Fsp3) is 0.286. The second kappa shape index (κ2) is 10.4. The highest BCUT2D eigenvalue weighted by atomic mass is 16.5. The number of aromatic nitrogens is 7. The van der Waals surface area contributed by atoms with Gasteiger partial charge in [-0.3, -0.25) is 0 Å². The zero-order valence-electron chi connectivity index (χ0n) is 21.0. The Morgan fingerprint density at radius 3 is 2.50 bits per heavy atom. The molecule has 0 saturated heterocycles. The number of hydrogen-bond donors (Lipinski definition) is 1. The van der Waals surface area contributed by atoms with Crippen LogP contribution < -0.4 is 4.74 Å². The summed E-state index contributed by atoms with van der Waals surface area (Å²) >= 11 is 0. The molecule has 0 amide bonds. The molecule has 38 heavy (non-hydrogen) atoms. The zero-order chi connectivity index (χ0) is 25.9. The lowest BCUT2D eigenvalue weighted by Gasteiger charge is -2.25. The lowest BCUT2D eigenvalue weighted by molar-refractivity contribution is 0.0600. The van der Waals surface area contributed by atoms with Crippen molar-refractivity contribution in [3.05, 3.63) is 77.7 Å². The number of aromatic amines is 1. The summed E-state index contributed by atoms with van der Waals surface area (Å²) in [5.74, 6) is 1.29. The predicted molar refractivity (Wildman–Crippen MR) is 140 cm³/mol. The van der Waals surface area contributed by atoms with E-state index in [4.69, 9.17) is 19.6 Å². The second-order valence-electron chi connectivity index (χ2n) is 9.42. The summed E-state index contributed by atoms with van der Waals surface area (Å²) in [5, 5.41) is 19.2. The van der Waals surface area contributed by atoms with Gasteiger partial charge in [-0.2, -0.15) is 10.3 Å². The molecule has 1 N–H and O–H groups in total. The van der Waals surface area contributed by atoms with Crippen molar-refractivity contribution < 1.29 is 14.3 Å². The van der Waals surface area contributed by atoms with Crippen molar-refractivity contribution in [2.24, 2.45) is 0 Å². The van der Waals surface area contributed by atoms with Crippen LogP contribution in [0.2, 0.25) is 0 Å². The lowest BCUT2D eigenvalue weighted by Crippen LogP contribution is -2.12. The minimum Gasteiger partial charge on any atom is -0.489 e. The Morgan fingerprint density at radius 2 is 1.79 bits per heavy atom. The quantitative estimate of drug-likeness (QED) is 0.305. The summed E-state index contributed by atoms with van der Waals surface area (Å²) in [4.78, 5) is 16.4. The van der Waals surface area contributed by atoms with Crippen LogP contribution in [0.1, 0.15) is 59.6 Å². The largest absolute Gasteiger partial charge is 0.489 e. The van der Waals surface area contributed by atoms with Crippen molar-refractivity contribution in [3.8, 4) is 28.3 Å². The van der Waals surface area contributed by atoms with Gasteiger partial charge in [0.15, 0.2) is 5.65 Å². The Morgan fingerprint density at radius 1 is 1.00 bits per heavy atom. The van der Waals surface area contributed by atoms with Gasteiger partial charge in [0, 0.05) is 17.7 Å². The van der Waals surface area contributed by atoms with Crippen molar-refractivity contribution >= 4 is 11.6 Å². The molecule has 0 unspecified atom stereocenters. The van der Waals surface area contributed by atoms with Crippen molar-refractivity contribution in [3.63, 3.8) is 0 Å². The molecule has 0 bridgehead atoms. The van der Waals surface area contributed by atoms with E-state index in [1.54, 1.807) is 18.3 Å². The number of hydrogen-bond acceptors (Lipinski definition) is 8. The molecule has 0 spiro atoms. The average Bonchev–Trinajstić information content (AvgIpc) is 3.66. The minimum absolute atomic E-state index is 0.352. The zero-order valence-corrected chi connectivity index (χ0v) is 21.0. The third-order valence-electron chi connectivity index (χ3n) is 7.09. The number of ether oxygens (including phenoxy) is 2. The van der Waals surface area contributed by atoms with Gasteiger partial charge >= 0.3 is 5.97 Å². The van der Waals surface area contributed by atoms with Crippen LogP contribution in [-0.4, -0.2) is 48.3 Å². The summed E-state index contributed by atoms with van der Waals surface area (Å²) in [6.07, 6.45) is 9.63. The van der Waals surface area contributed by atoms with E-state index in [-0.39, 0.29) is 5.97 Å². The molecule has 192 valence electrons. The average molecular weight is 510 g/mol. The molecule has 1 saturated carbocycles. The topological polar surface area (TPSA) is 120 Å². The molecular formula is C28H27N7O3. The molecule has 10 heteroatoms. The molecule has 6 rings (SSSR count). The number of H-pyrrole nitrogens is 1. The number of rotatable bonds is 7. The lowest BCUT2D eigenvalue weighted by atomic mass is 9.84. The van der Waals surface area contributed by atoms with Crippen LogP contribution in [0.3, 0.4) is 0 Å². The van der Waals surface area contributed by atoms with E-state index < -0.39 is 0 Å². The Bertz CT molecular complexity index is 1540. The highest BCUT2D eigenvalue weighted by Gasteiger charge is 2.25. The third-order valence-corrected chi connectivity index (χ3v) is 7.09. The first-order chi connectivity index (χ1) is 18.7. The molecule has 2 aromatic carbocycles. The molecule has 0 aliphatic heterocycles. The molecule has 0 atom stereocenters. The second-order valence-corrected chi connectivity index (χ2v) is 9.42. The van der Waals surface area contributed by atoms with Crippen LogP contribution in [0.4, 0.5) is 0 Å². The number of fused-ring (bicyclic) bond motifs is 1. The van der Waals surface area contributed by atoms with E-state index in [1.807, 2.05) is 35.0 Å². The number of nitrogens with one attached hydrogen (secondary N) is 1. The van der Waals surface area contributed by atoms with Gasteiger partial charge in [-0.15, -0.1) is 10.2 Å². The van der Waals surface area contributed by atoms with E-state index >= 15 is 0 Å². The Labute approximate surface area is 219 Å². The van der Waals surface area contributed by atoms with Crippen molar-refractivity contribution in [2.75, 3.05) is 7.11 Å². The van der Waals surface area contributed by atoms with E-state index in [2.05, 4.69) is 32.8 Å². The fourth-order valence-electron chi connectivity index (χ4n) is 5.13. The van der Waals surface area contributed by atoms with Crippen LogP contribution in [-0.2, 0) is 11.3 Å². The monoisotopic (exact) mass is 509 g/mol. The molecule has 1 aliphatic carbocycles. The van der Waals surface area contributed by atoms with Crippen LogP contribution in [0.5, 0.6) is 5.75 Å². The van der Waals surface area contributed by atoms with Gasteiger partial charge in [-0.25, -0.2) is 14.3 Å². The molecule has 1 fully saturated rings. The number of carbonyl (C=O) groups is 1. The van der Waals surface area contributed by atoms with Crippen molar-refractivity contribution in [1.82, 2.24) is 35.2 Å². The van der Waals surface area contributed by atoms with Crippen LogP contribution >= 0.6 is 0 Å². The van der Waals surface area contributed by atoms with E-state index in [9.17, 15) is 4.79 Å². The predicted octanol–water partition coefficient (Wildman–Crippen LogP) is 4.99. The smallest absolute Gasteiger partial charge is 0.337 e. The van der Waals surface area contributed by atoms with Gasteiger partial charge in [0.05, 0.1) is 30.1 Å². The van der Waals surface area contributed by atoms with Crippen molar-refractivity contribution in [2.45, 2.75) is 44.6 Å². The van der Waals surface area contributed by atoms with E-state index in [0.29, 0.717) is 23.9 Å². The van der Waals surface area contributed by atoms with Crippen LogP contribution in [0, 0.1) is 0 Å². The fourth-order valence-corrected chi connectivity index (χ4v) is 5.13. The normalized spacial score (nSPS) is 14.0. The molecule has 3 aromatic heterocycles. The van der Waals surface area contributed by atoms with E-state index in [0.717, 1.165) is 46.5 Å². The first-order valence-corrected chi connectivity index (χ1v) is 12.7. The molecule has 5 aromatic rings. The number of esters is 1. The van der Waals surface area contributed by atoms with Crippen molar-refractivity contribution in [1.29, 1.82) is 0 Å². The molecule has 10 nitrogen and oxygen atoms in total. The van der Waals surface area contributed by atoms with Gasteiger partial charge in [0.25, 0.3) is 0 Å². The van der Waals surface area contributed by atoms with Gasteiger partial charge in [0.2, 0.25) is 5.82 Å². The molecule has 3 heterocycles. The summed E-state index contributed by atoms with van der Waals surface area (Å²) in [5.41, 5.74) is 6.26. The first kappa shape index (κ1) is 23.8. The third kappa shape index (κ3) is 4.60. The molecular weight excluding hydrogens is 482 g/mol. The number of methoxy groups -OCH3 is 1. The summed E-state index contributed by atoms with van der Waals surface area (Å²) in [6, 6.07) is 15.3. The maximum atomic E-state index is 11.6. The van der Waals surface area contributed by atoms with E-state index in [1.165, 1.54) is 32.1 Å². The van der Waals surface area contributed by atoms with Gasteiger partial charge in [-0.1, -0.05) is 43.5 Å². The standard InChI is InChI=1S/C28H27N7O3/c1-37-28(36)21-9-7-18(8-10-21)17-38-22-13-11-19(12-14-22)23-15-29-27-24(26-31-33-34-32-26)16-30-35(27)25(23)20-5-3-2-4-6-20/h7-16,20H,2-6,17H2,1H3,(H,31,32,33,34). The van der Waals surface area contributed by atoms with Gasteiger partial charge in [0.1, 0.15) is 12.4 Å².